The molecule has 0 saturated heterocycles. The number of hydrogen-bond donors (Lipinski definition) is 1. The van der Waals surface area contributed by atoms with Gasteiger partial charge in [-0.15, -0.1) is 0 Å². The summed E-state index contributed by atoms with van der Waals surface area (Å²) < 4.78 is 1.05. The number of thiazole rings is 1. The van der Waals surface area contributed by atoms with Gasteiger partial charge >= 0.3 is 5.91 Å². The first-order valence-corrected chi connectivity index (χ1v) is 9.84. The molecule has 3 aromatic carbocycles. The van der Waals surface area contributed by atoms with Crippen molar-refractivity contribution in [2.75, 3.05) is 10.4 Å². The van der Waals surface area contributed by atoms with E-state index in [-0.39, 0.29) is 11.6 Å². The second-order valence-electron chi connectivity index (χ2n) is 6.33. The van der Waals surface area contributed by atoms with Crippen LogP contribution in [-0.4, -0.2) is 22.3 Å². The molecule has 7 heteroatoms. The Morgan fingerprint density at radius 2 is 1.55 bits per heavy atom. The van der Waals surface area contributed by atoms with Gasteiger partial charge in [0.25, 0.3) is 0 Å². The maximum absolute atomic E-state index is 13.1. The van der Waals surface area contributed by atoms with Gasteiger partial charge < -0.3 is 0 Å². The molecule has 4 aromatic rings. The molecule has 0 atom stereocenters. The minimum atomic E-state index is -0.288. The molecule has 140 valence electrons. The lowest BCUT2D eigenvalue weighted by molar-refractivity contribution is -0.112. The van der Waals surface area contributed by atoms with E-state index in [1.807, 2.05) is 84.9 Å². The SMILES string of the molecule is O=C1/C(=N\Nc2nc3ccccc3s2)C(c2ccccc2)=NN1c1ccccc1. The summed E-state index contributed by atoms with van der Waals surface area (Å²) in [7, 11) is 0. The Kier molecular flexibility index (Phi) is 4.34. The molecule has 6 nitrogen and oxygen atoms in total. The first-order valence-electron chi connectivity index (χ1n) is 9.03. The maximum Gasteiger partial charge on any atom is 0.301 e. The molecule has 0 aliphatic carbocycles. The summed E-state index contributed by atoms with van der Waals surface area (Å²) in [4.78, 5) is 17.6. The zero-order valence-electron chi connectivity index (χ0n) is 15.2. The van der Waals surface area contributed by atoms with Gasteiger partial charge in [-0.2, -0.15) is 15.2 Å². The molecule has 1 aliphatic heterocycles. The number of nitrogens with one attached hydrogen (secondary N) is 1. The van der Waals surface area contributed by atoms with Crippen molar-refractivity contribution in [3.8, 4) is 0 Å². The number of carbonyl (C=O) groups is 1. The Bertz CT molecular complexity index is 1210. The predicted molar refractivity (Wildman–Crippen MR) is 118 cm³/mol. The number of carbonyl (C=O) groups excluding carboxylic acids is 1. The van der Waals surface area contributed by atoms with Crippen LogP contribution in [0.5, 0.6) is 0 Å². The fourth-order valence-corrected chi connectivity index (χ4v) is 3.86. The summed E-state index contributed by atoms with van der Waals surface area (Å²) in [5.41, 5.74) is 6.12. The number of anilines is 2. The predicted octanol–water partition coefficient (Wildman–Crippen LogP) is 4.52. The molecule has 0 spiro atoms. The molecule has 1 aliphatic rings. The summed E-state index contributed by atoms with van der Waals surface area (Å²) >= 11 is 1.48. The van der Waals surface area contributed by atoms with Gasteiger partial charge in [-0.1, -0.05) is 72.0 Å². The van der Waals surface area contributed by atoms with E-state index in [4.69, 9.17) is 0 Å². The average molecular weight is 397 g/mol. The van der Waals surface area contributed by atoms with Gasteiger partial charge in [0.05, 0.1) is 15.9 Å². The minimum Gasteiger partial charge on any atom is -0.265 e. The molecule has 29 heavy (non-hydrogen) atoms. The number of amides is 1. The quantitative estimate of drug-likeness (QED) is 0.515. The number of fused-ring (bicyclic) bond motifs is 1. The Balaban J connectivity index is 1.53. The normalized spacial score (nSPS) is 15.2. The van der Waals surface area contributed by atoms with Crippen molar-refractivity contribution in [2.45, 2.75) is 0 Å². The first kappa shape index (κ1) is 17.3. The van der Waals surface area contributed by atoms with Crippen LogP contribution in [-0.2, 0) is 4.79 Å². The third-order valence-electron chi connectivity index (χ3n) is 4.42. The highest BCUT2D eigenvalue weighted by molar-refractivity contribution is 7.22. The maximum atomic E-state index is 13.1. The third-order valence-corrected chi connectivity index (χ3v) is 5.37. The molecule has 0 radical (unpaired) electrons. The average Bonchev–Trinajstić information content (AvgIpc) is 3.34. The molecular weight excluding hydrogens is 382 g/mol. The van der Waals surface area contributed by atoms with Gasteiger partial charge in [0, 0.05) is 5.56 Å². The smallest absolute Gasteiger partial charge is 0.265 e. The lowest BCUT2D eigenvalue weighted by atomic mass is 10.1. The number of aromatic nitrogens is 1. The van der Waals surface area contributed by atoms with E-state index < -0.39 is 0 Å². The Hall–Kier alpha value is -3.84. The minimum absolute atomic E-state index is 0.249. The number of nitrogens with zero attached hydrogens (tertiary/aromatic N) is 4. The Morgan fingerprint density at radius 1 is 0.862 bits per heavy atom. The third kappa shape index (κ3) is 3.28. The number of benzene rings is 3. The highest BCUT2D eigenvalue weighted by Crippen LogP contribution is 2.26. The molecule has 0 bridgehead atoms. The molecule has 1 N–H and O–H groups in total. The summed E-state index contributed by atoms with van der Waals surface area (Å²) in [5.74, 6) is -0.288. The van der Waals surface area contributed by atoms with Crippen LogP contribution in [0.1, 0.15) is 5.56 Å². The van der Waals surface area contributed by atoms with Gasteiger partial charge in [0.2, 0.25) is 5.13 Å². The van der Waals surface area contributed by atoms with Crippen molar-refractivity contribution in [3.05, 3.63) is 90.5 Å². The van der Waals surface area contributed by atoms with Gasteiger partial charge in [-0.25, -0.2) is 4.98 Å². The van der Waals surface area contributed by atoms with Crippen molar-refractivity contribution in [1.82, 2.24) is 4.98 Å². The molecule has 5 rings (SSSR count). The van der Waals surface area contributed by atoms with Crippen LogP contribution in [0.3, 0.4) is 0 Å². The Labute approximate surface area is 170 Å². The molecular formula is C22H15N5OS. The van der Waals surface area contributed by atoms with Gasteiger partial charge in [0.1, 0.15) is 5.71 Å². The molecule has 0 saturated carbocycles. The zero-order valence-corrected chi connectivity index (χ0v) is 16.0. The van der Waals surface area contributed by atoms with Crippen LogP contribution < -0.4 is 10.4 Å². The number of para-hydroxylation sites is 2. The van der Waals surface area contributed by atoms with Crippen LogP contribution in [0.4, 0.5) is 10.8 Å². The van der Waals surface area contributed by atoms with Gasteiger partial charge in [-0.3, -0.25) is 10.2 Å². The number of hydrazone groups is 2. The Morgan fingerprint density at radius 3 is 2.31 bits per heavy atom. The summed E-state index contributed by atoms with van der Waals surface area (Å²) in [6.45, 7) is 0. The highest BCUT2D eigenvalue weighted by atomic mass is 32.1. The van der Waals surface area contributed by atoms with E-state index in [2.05, 4.69) is 20.6 Å². The van der Waals surface area contributed by atoms with Crippen molar-refractivity contribution in [1.29, 1.82) is 0 Å². The molecule has 0 fully saturated rings. The summed E-state index contributed by atoms with van der Waals surface area (Å²) in [6, 6.07) is 26.7. The molecule has 2 heterocycles. The van der Waals surface area contributed by atoms with Gasteiger partial charge in [-0.05, 0) is 24.3 Å². The van der Waals surface area contributed by atoms with Crippen LogP contribution in [0.25, 0.3) is 10.2 Å². The lowest BCUT2D eigenvalue weighted by Crippen LogP contribution is -2.28. The van der Waals surface area contributed by atoms with Crippen LogP contribution >= 0.6 is 11.3 Å². The van der Waals surface area contributed by atoms with Crippen molar-refractivity contribution < 1.29 is 4.79 Å². The van der Waals surface area contributed by atoms with E-state index >= 15 is 0 Å². The fourth-order valence-electron chi connectivity index (χ4n) is 3.05. The summed E-state index contributed by atoms with van der Waals surface area (Å²) in [6.07, 6.45) is 0. The van der Waals surface area contributed by atoms with E-state index in [1.165, 1.54) is 16.3 Å². The standard InChI is InChI=1S/C22H15N5OS/c28-21-20(24-25-22-23-17-13-7-8-14-18(17)29-22)19(15-9-3-1-4-10-15)26-27(21)16-11-5-2-6-12-16/h1-14H,(H,23,25)/b24-20-. The van der Waals surface area contributed by atoms with Crippen LogP contribution in [0, 0.1) is 0 Å². The van der Waals surface area contributed by atoms with Gasteiger partial charge in [0.15, 0.2) is 5.71 Å². The van der Waals surface area contributed by atoms with Crippen LogP contribution in [0.2, 0.25) is 0 Å². The molecule has 1 amide bonds. The van der Waals surface area contributed by atoms with Crippen molar-refractivity contribution in [3.63, 3.8) is 0 Å². The monoisotopic (exact) mass is 397 g/mol. The van der Waals surface area contributed by atoms with Crippen molar-refractivity contribution >= 4 is 49.7 Å². The van der Waals surface area contributed by atoms with E-state index in [0.29, 0.717) is 16.5 Å². The van der Waals surface area contributed by atoms with E-state index in [1.54, 1.807) is 0 Å². The highest BCUT2D eigenvalue weighted by Gasteiger charge is 2.34. The van der Waals surface area contributed by atoms with E-state index in [9.17, 15) is 4.79 Å². The second kappa shape index (κ2) is 7.29. The number of rotatable bonds is 4. The topological polar surface area (TPSA) is 70.0 Å². The van der Waals surface area contributed by atoms with Crippen molar-refractivity contribution in [2.24, 2.45) is 10.2 Å². The molecule has 0 unspecified atom stereocenters. The second-order valence-corrected chi connectivity index (χ2v) is 7.36. The van der Waals surface area contributed by atoms with E-state index in [0.717, 1.165) is 15.8 Å². The number of hydrogen-bond acceptors (Lipinski definition) is 6. The van der Waals surface area contributed by atoms with Crippen LogP contribution in [0.15, 0.2) is 95.1 Å². The zero-order chi connectivity index (χ0) is 19.6. The largest absolute Gasteiger partial charge is 0.301 e. The first-order chi connectivity index (χ1) is 14.3. The lowest BCUT2D eigenvalue weighted by Gasteiger charge is -2.10. The molecule has 1 aromatic heterocycles. The fraction of sp³-hybridized carbons (Fsp3) is 0. The summed E-state index contributed by atoms with van der Waals surface area (Å²) in [5, 5.41) is 11.0.